The minimum absolute atomic E-state index is 0.902. The summed E-state index contributed by atoms with van der Waals surface area (Å²) in [5.74, 6) is 0. The largest absolute Gasteiger partial charge is 0.455 e. The van der Waals surface area contributed by atoms with Gasteiger partial charge < -0.3 is 13.9 Å². The lowest BCUT2D eigenvalue weighted by Crippen LogP contribution is -2.12. The third kappa shape index (κ3) is 5.47. The molecule has 65 heavy (non-hydrogen) atoms. The molecular formula is C60H36N2OS2. The number of fused-ring (bicyclic) bond motifs is 12. The van der Waals surface area contributed by atoms with Gasteiger partial charge in [-0.15, -0.1) is 22.7 Å². The molecule has 0 N–H and O–H groups in total. The molecule has 0 spiro atoms. The van der Waals surface area contributed by atoms with Crippen LogP contribution in [-0.2, 0) is 0 Å². The van der Waals surface area contributed by atoms with Crippen LogP contribution in [-0.4, -0.2) is 4.57 Å². The zero-order valence-electron chi connectivity index (χ0n) is 34.9. The van der Waals surface area contributed by atoms with Crippen molar-refractivity contribution in [2.24, 2.45) is 0 Å². The molecule has 0 fully saturated rings. The van der Waals surface area contributed by atoms with Gasteiger partial charge in [0, 0.05) is 79.6 Å². The van der Waals surface area contributed by atoms with Gasteiger partial charge in [-0.1, -0.05) is 158 Å². The molecule has 5 heteroatoms. The zero-order chi connectivity index (χ0) is 42.6. The Hall–Kier alpha value is -7.96. The molecule has 0 amide bonds. The van der Waals surface area contributed by atoms with Gasteiger partial charge in [0.25, 0.3) is 0 Å². The lowest BCUT2D eigenvalue weighted by atomic mass is 9.96. The molecule has 0 saturated carbocycles. The molecule has 10 aromatic carbocycles. The predicted molar refractivity (Wildman–Crippen MR) is 279 cm³/mol. The third-order valence-corrected chi connectivity index (χ3v) is 15.6. The molecule has 0 atom stereocenters. The maximum absolute atomic E-state index is 6.55. The molecule has 4 aromatic heterocycles. The Balaban J connectivity index is 1.07. The van der Waals surface area contributed by atoms with E-state index in [1.165, 1.54) is 73.3 Å². The number of nitrogens with zero attached hydrogens (tertiary/aromatic N) is 2. The molecule has 0 bridgehead atoms. The van der Waals surface area contributed by atoms with Crippen LogP contribution in [0.25, 0.3) is 112 Å². The fraction of sp³-hybridized carbons (Fsp3) is 0. The quantitative estimate of drug-likeness (QED) is 0.166. The third-order valence-electron chi connectivity index (χ3n) is 13.2. The van der Waals surface area contributed by atoms with E-state index in [0.29, 0.717) is 0 Å². The topological polar surface area (TPSA) is 21.3 Å². The summed E-state index contributed by atoms with van der Waals surface area (Å²) in [5.41, 5.74) is 13.2. The van der Waals surface area contributed by atoms with Gasteiger partial charge in [0.15, 0.2) is 0 Å². The van der Waals surface area contributed by atoms with E-state index in [9.17, 15) is 0 Å². The van der Waals surface area contributed by atoms with Crippen LogP contribution < -0.4 is 4.90 Å². The summed E-state index contributed by atoms with van der Waals surface area (Å²) in [6, 6.07) is 79.7. The molecule has 0 aliphatic carbocycles. The SMILES string of the molecule is c1ccc(-n2c3ccccc3c3ccccc32)c(-c2c(N(c3ccc(-c4cccc5c4oc4ccccc45)cc3)c3cccc4c3sc3ccccc34)ccc3c2sc2ccccc23)c1. The summed E-state index contributed by atoms with van der Waals surface area (Å²) in [4.78, 5) is 2.52. The summed E-state index contributed by atoms with van der Waals surface area (Å²) in [6.45, 7) is 0. The Morgan fingerprint density at radius 1 is 0.369 bits per heavy atom. The fourth-order valence-corrected chi connectivity index (χ4v) is 12.8. The van der Waals surface area contributed by atoms with Crippen molar-refractivity contribution in [3.05, 3.63) is 218 Å². The van der Waals surface area contributed by atoms with Crippen molar-refractivity contribution in [2.75, 3.05) is 4.90 Å². The van der Waals surface area contributed by atoms with Crippen LogP contribution in [0.5, 0.6) is 0 Å². The normalized spacial score (nSPS) is 12.0. The number of rotatable bonds is 6. The number of hydrogen-bond donors (Lipinski definition) is 0. The van der Waals surface area contributed by atoms with Crippen molar-refractivity contribution in [3.63, 3.8) is 0 Å². The van der Waals surface area contributed by atoms with Crippen molar-refractivity contribution in [3.8, 4) is 27.9 Å². The van der Waals surface area contributed by atoms with E-state index in [2.05, 4.69) is 222 Å². The Kier molecular flexibility index (Phi) is 8.02. The molecule has 4 heterocycles. The summed E-state index contributed by atoms with van der Waals surface area (Å²) >= 11 is 3.75. The van der Waals surface area contributed by atoms with Crippen molar-refractivity contribution in [1.82, 2.24) is 4.57 Å². The molecule has 0 saturated heterocycles. The number of furan rings is 1. The average Bonchev–Trinajstić information content (AvgIpc) is 4.14. The van der Waals surface area contributed by atoms with Gasteiger partial charge >= 0.3 is 0 Å². The summed E-state index contributed by atoms with van der Waals surface area (Å²) in [6.07, 6.45) is 0. The van der Waals surface area contributed by atoms with Crippen LogP contribution in [0, 0.1) is 0 Å². The first-order valence-corrected chi connectivity index (χ1v) is 23.6. The van der Waals surface area contributed by atoms with Crippen molar-refractivity contribution >= 4 is 124 Å². The molecule has 304 valence electrons. The number of para-hydroxylation sites is 5. The van der Waals surface area contributed by atoms with Crippen LogP contribution in [0.4, 0.5) is 17.1 Å². The van der Waals surface area contributed by atoms with Gasteiger partial charge in [-0.2, -0.15) is 0 Å². The standard InChI is InChI=1S/C60H36N2OS2/c1-7-24-49-40(15-1)41-16-2-8-25-50(41)62(49)51-26-9-3-20-48(51)57-52(36-35-47-44-19-6-12-30-56(44)65-60(47)57)61(53-27-14-23-46-43-18-5-11-29-55(43)64-59(46)53)38-33-31-37(32-34-38)39-21-13-22-45-42-17-4-10-28-54(42)63-58(39)45/h1-36H. The number of anilines is 3. The number of thiophene rings is 2. The van der Waals surface area contributed by atoms with Crippen molar-refractivity contribution in [1.29, 1.82) is 0 Å². The first-order valence-electron chi connectivity index (χ1n) is 22.0. The van der Waals surface area contributed by atoms with Gasteiger partial charge in [-0.3, -0.25) is 0 Å². The van der Waals surface area contributed by atoms with Crippen LogP contribution in [0.3, 0.4) is 0 Å². The zero-order valence-corrected chi connectivity index (χ0v) is 36.5. The number of hydrogen-bond acceptors (Lipinski definition) is 4. The second-order valence-corrected chi connectivity index (χ2v) is 18.8. The number of aromatic nitrogens is 1. The smallest absolute Gasteiger partial charge is 0.143 e. The summed E-state index contributed by atoms with van der Waals surface area (Å²) in [7, 11) is 0. The van der Waals surface area contributed by atoms with E-state index in [1.807, 2.05) is 28.7 Å². The monoisotopic (exact) mass is 864 g/mol. The Morgan fingerprint density at radius 3 is 1.68 bits per heavy atom. The predicted octanol–water partition coefficient (Wildman–Crippen LogP) is 18.2. The maximum Gasteiger partial charge on any atom is 0.143 e. The minimum Gasteiger partial charge on any atom is -0.455 e. The Morgan fingerprint density at radius 2 is 0.923 bits per heavy atom. The molecular weight excluding hydrogens is 829 g/mol. The van der Waals surface area contributed by atoms with Crippen LogP contribution >= 0.6 is 22.7 Å². The molecule has 0 radical (unpaired) electrons. The first kappa shape index (κ1) is 36.5. The Bertz CT molecular complexity index is 4150. The minimum atomic E-state index is 0.902. The van der Waals surface area contributed by atoms with Crippen molar-refractivity contribution in [2.45, 2.75) is 0 Å². The van der Waals surface area contributed by atoms with Gasteiger partial charge in [0.1, 0.15) is 11.2 Å². The van der Waals surface area contributed by atoms with E-state index >= 15 is 0 Å². The number of benzene rings is 10. The second kappa shape index (κ2) is 14.3. The molecule has 14 rings (SSSR count). The first-order chi connectivity index (χ1) is 32.3. The second-order valence-electron chi connectivity index (χ2n) is 16.7. The molecule has 3 nitrogen and oxygen atoms in total. The van der Waals surface area contributed by atoms with E-state index in [-0.39, 0.29) is 0 Å². The lowest BCUT2D eigenvalue weighted by Gasteiger charge is -2.29. The lowest BCUT2D eigenvalue weighted by molar-refractivity contribution is 0.670. The van der Waals surface area contributed by atoms with E-state index in [0.717, 1.165) is 55.8 Å². The maximum atomic E-state index is 6.55. The summed E-state index contributed by atoms with van der Waals surface area (Å²) < 4.78 is 14.1. The highest BCUT2D eigenvalue weighted by Crippen LogP contribution is 2.53. The highest BCUT2D eigenvalue weighted by molar-refractivity contribution is 7.27. The van der Waals surface area contributed by atoms with Gasteiger partial charge in [-0.25, -0.2) is 0 Å². The molecule has 0 unspecified atom stereocenters. The van der Waals surface area contributed by atoms with Crippen LogP contribution in [0.2, 0.25) is 0 Å². The average molecular weight is 865 g/mol. The van der Waals surface area contributed by atoms with Gasteiger partial charge in [-0.05, 0) is 66.2 Å². The molecule has 0 aliphatic rings. The van der Waals surface area contributed by atoms with E-state index in [1.54, 1.807) is 0 Å². The van der Waals surface area contributed by atoms with Crippen molar-refractivity contribution < 1.29 is 4.42 Å². The highest BCUT2D eigenvalue weighted by atomic mass is 32.1. The highest BCUT2D eigenvalue weighted by Gasteiger charge is 2.26. The van der Waals surface area contributed by atoms with E-state index < -0.39 is 0 Å². The van der Waals surface area contributed by atoms with Crippen LogP contribution in [0.1, 0.15) is 0 Å². The molecule has 14 aromatic rings. The Labute approximate surface area is 381 Å². The van der Waals surface area contributed by atoms with Crippen LogP contribution in [0.15, 0.2) is 223 Å². The van der Waals surface area contributed by atoms with E-state index in [4.69, 9.17) is 4.42 Å². The summed E-state index contributed by atoms with van der Waals surface area (Å²) in [5, 5.41) is 9.83. The van der Waals surface area contributed by atoms with Gasteiger partial charge in [0.05, 0.1) is 32.8 Å². The van der Waals surface area contributed by atoms with Gasteiger partial charge in [0.2, 0.25) is 0 Å². The fourth-order valence-electron chi connectivity index (χ4n) is 10.4. The molecule has 0 aliphatic heterocycles.